The van der Waals surface area contributed by atoms with Gasteiger partial charge in [0, 0.05) is 12.6 Å². The molecule has 3 aliphatic rings. The summed E-state index contributed by atoms with van der Waals surface area (Å²) in [7, 11) is 0. The SMILES string of the molecule is CCOc1ccc([C@@H]2CCCN2CN2C(=O)N[C@@]3(CCCC[C@H]3C)C2=O)cc1. The van der Waals surface area contributed by atoms with Crippen molar-refractivity contribution < 1.29 is 14.3 Å². The molecule has 1 saturated carbocycles. The van der Waals surface area contributed by atoms with E-state index in [0.29, 0.717) is 13.3 Å². The van der Waals surface area contributed by atoms with Crippen molar-refractivity contribution in [1.29, 1.82) is 0 Å². The van der Waals surface area contributed by atoms with Gasteiger partial charge in [-0.15, -0.1) is 0 Å². The van der Waals surface area contributed by atoms with Crippen molar-refractivity contribution in [3.8, 4) is 5.75 Å². The molecule has 1 aromatic rings. The van der Waals surface area contributed by atoms with Gasteiger partial charge in [-0.3, -0.25) is 9.69 Å². The Hall–Kier alpha value is -2.08. The van der Waals surface area contributed by atoms with Crippen LogP contribution in [-0.4, -0.2) is 47.1 Å². The molecule has 6 heteroatoms. The Labute approximate surface area is 167 Å². The first-order valence-electron chi connectivity index (χ1n) is 10.7. The van der Waals surface area contributed by atoms with Crippen LogP contribution < -0.4 is 10.1 Å². The predicted molar refractivity (Wildman–Crippen MR) is 107 cm³/mol. The maximum atomic E-state index is 13.3. The largest absolute Gasteiger partial charge is 0.494 e. The lowest BCUT2D eigenvalue weighted by molar-refractivity contribution is -0.135. The fraction of sp³-hybridized carbons (Fsp3) is 0.636. The summed E-state index contributed by atoms with van der Waals surface area (Å²) in [5.74, 6) is 1.04. The molecule has 6 nitrogen and oxygen atoms in total. The minimum absolute atomic E-state index is 0.0259. The lowest BCUT2D eigenvalue weighted by Crippen LogP contribution is -2.54. The van der Waals surface area contributed by atoms with Crippen LogP contribution in [0.25, 0.3) is 0 Å². The molecule has 2 aliphatic heterocycles. The Morgan fingerprint density at radius 1 is 1.14 bits per heavy atom. The van der Waals surface area contributed by atoms with E-state index in [9.17, 15) is 9.59 Å². The second-order valence-electron chi connectivity index (χ2n) is 8.40. The predicted octanol–water partition coefficient (Wildman–Crippen LogP) is 3.68. The number of hydrogen-bond acceptors (Lipinski definition) is 4. The third kappa shape index (κ3) is 3.28. The summed E-state index contributed by atoms with van der Waals surface area (Å²) in [6, 6.07) is 8.21. The molecule has 0 radical (unpaired) electrons. The van der Waals surface area contributed by atoms with Crippen LogP contribution in [0.2, 0.25) is 0 Å². The normalized spacial score (nSPS) is 30.9. The summed E-state index contributed by atoms with van der Waals surface area (Å²) in [6.45, 7) is 6.00. The van der Waals surface area contributed by atoms with E-state index in [1.807, 2.05) is 19.1 Å². The van der Waals surface area contributed by atoms with Gasteiger partial charge in [0.05, 0.1) is 13.3 Å². The molecule has 1 spiro atoms. The topological polar surface area (TPSA) is 61.9 Å². The fourth-order valence-electron chi connectivity index (χ4n) is 5.13. The average molecular weight is 386 g/mol. The number of urea groups is 1. The summed E-state index contributed by atoms with van der Waals surface area (Å²) >= 11 is 0. The van der Waals surface area contributed by atoms with Crippen molar-refractivity contribution in [2.45, 2.75) is 64.0 Å². The van der Waals surface area contributed by atoms with Crippen molar-refractivity contribution in [3.05, 3.63) is 29.8 Å². The highest BCUT2D eigenvalue weighted by Gasteiger charge is 2.55. The molecule has 3 atom stereocenters. The number of ether oxygens (including phenoxy) is 1. The molecule has 3 amide bonds. The number of likely N-dealkylation sites (tertiary alicyclic amines) is 1. The van der Waals surface area contributed by atoms with Gasteiger partial charge in [-0.2, -0.15) is 0 Å². The minimum atomic E-state index is -0.677. The van der Waals surface area contributed by atoms with Gasteiger partial charge < -0.3 is 10.1 Å². The molecular formula is C22H31N3O3. The molecule has 0 unspecified atom stereocenters. The smallest absolute Gasteiger partial charge is 0.326 e. The lowest BCUT2D eigenvalue weighted by Gasteiger charge is -2.37. The Bertz CT molecular complexity index is 735. The minimum Gasteiger partial charge on any atom is -0.494 e. The summed E-state index contributed by atoms with van der Waals surface area (Å²) in [5.41, 5.74) is 0.540. The van der Waals surface area contributed by atoms with Gasteiger partial charge in [0.2, 0.25) is 0 Å². The molecule has 3 fully saturated rings. The Balaban J connectivity index is 1.48. The summed E-state index contributed by atoms with van der Waals surface area (Å²) < 4.78 is 5.54. The van der Waals surface area contributed by atoms with Crippen LogP contribution in [0.3, 0.4) is 0 Å². The van der Waals surface area contributed by atoms with Crippen LogP contribution in [0.4, 0.5) is 4.79 Å². The molecule has 4 rings (SSSR count). The molecule has 1 aromatic carbocycles. The molecule has 152 valence electrons. The van der Waals surface area contributed by atoms with Crippen molar-refractivity contribution in [3.63, 3.8) is 0 Å². The van der Waals surface area contributed by atoms with Crippen molar-refractivity contribution >= 4 is 11.9 Å². The van der Waals surface area contributed by atoms with Gasteiger partial charge >= 0.3 is 6.03 Å². The molecule has 28 heavy (non-hydrogen) atoms. The number of carbonyl (C=O) groups is 2. The van der Waals surface area contributed by atoms with Crippen LogP contribution in [-0.2, 0) is 4.79 Å². The molecule has 1 aliphatic carbocycles. The first-order valence-corrected chi connectivity index (χ1v) is 10.7. The van der Waals surface area contributed by atoms with Crippen LogP contribution in [0.5, 0.6) is 5.75 Å². The summed E-state index contributed by atoms with van der Waals surface area (Å²) in [4.78, 5) is 29.7. The molecule has 0 bridgehead atoms. The number of carbonyl (C=O) groups excluding carboxylic acids is 2. The van der Waals surface area contributed by atoms with Gasteiger partial charge in [0.15, 0.2) is 0 Å². The van der Waals surface area contributed by atoms with E-state index in [1.165, 1.54) is 10.5 Å². The first-order chi connectivity index (χ1) is 13.5. The number of amides is 3. The van der Waals surface area contributed by atoms with E-state index in [2.05, 4.69) is 29.3 Å². The van der Waals surface area contributed by atoms with Gasteiger partial charge in [-0.1, -0.05) is 31.9 Å². The Morgan fingerprint density at radius 3 is 2.64 bits per heavy atom. The Kier molecular flexibility index (Phi) is 5.32. The zero-order valence-corrected chi connectivity index (χ0v) is 16.9. The monoisotopic (exact) mass is 385 g/mol. The molecule has 2 heterocycles. The number of nitrogens with zero attached hydrogens (tertiary/aromatic N) is 2. The Morgan fingerprint density at radius 2 is 1.93 bits per heavy atom. The zero-order valence-electron chi connectivity index (χ0n) is 16.9. The van der Waals surface area contributed by atoms with Crippen LogP contribution in [0.15, 0.2) is 24.3 Å². The van der Waals surface area contributed by atoms with Gasteiger partial charge in [0.1, 0.15) is 11.3 Å². The molecule has 2 saturated heterocycles. The van der Waals surface area contributed by atoms with Crippen LogP contribution in [0.1, 0.15) is 64.0 Å². The number of nitrogens with one attached hydrogen (secondary N) is 1. The average Bonchev–Trinajstić information content (AvgIpc) is 3.24. The van der Waals surface area contributed by atoms with E-state index in [1.54, 1.807) is 0 Å². The van der Waals surface area contributed by atoms with Crippen LogP contribution >= 0.6 is 0 Å². The highest BCUT2D eigenvalue weighted by Crippen LogP contribution is 2.39. The number of rotatable bonds is 5. The van der Waals surface area contributed by atoms with E-state index >= 15 is 0 Å². The second kappa shape index (κ2) is 7.74. The number of imide groups is 1. The van der Waals surface area contributed by atoms with E-state index in [-0.39, 0.29) is 23.9 Å². The second-order valence-corrected chi connectivity index (χ2v) is 8.40. The molecule has 0 aromatic heterocycles. The maximum absolute atomic E-state index is 13.3. The third-order valence-electron chi connectivity index (χ3n) is 6.76. The lowest BCUT2D eigenvalue weighted by atomic mass is 9.73. The van der Waals surface area contributed by atoms with E-state index in [0.717, 1.165) is 50.8 Å². The number of benzene rings is 1. The first kappa shape index (κ1) is 19.2. The maximum Gasteiger partial charge on any atom is 0.326 e. The zero-order chi connectivity index (χ0) is 19.7. The third-order valence-corrected chi connectivity index (χ3v) is 6.76. The summed E-state index contributed by atoms with van der Waals surface area (Å²) in [6.07, 6.45) is 6.01. The van der Waals surface area contributed by atoms with Gasteiger partial charge in [-0.25, -0.2) is 9.69 Å². The quantitative estimate of drug-likeness (QED) is 0.786. The van der Waals surface area contributed by atoms with E-state index in [4.69, 9.17) is 4.74 Å². The van der Waals surface area contributed by atoms with Crippen molar-refractivity contribution in [2.75, 3.05) is 19.8 Å². The standard InChI is InChI=1S/C22H31N3O3/c1-3-28-18-11-9-17(10-12-18)19-8-6-14-24(19)15-25-20(26)22(23-21(25)27)13-5-4-7-16(22)2/h9-12,16,19H,3-8,13-15H2,1-2H3,(H,23,27)/t16-,19+,22-/m1/s1. The van der Waals surface area contributed by atoms with Crippen molar-refractivity contribution in [2.24, 2.45) is 5.92 Å². The highest BCUT2D eigenvalue weighted by atomic mass is 16.5. The fourth-order valence-corrected chi connectivity index (χ4v) is 5.13. The van der Waals surface area contributed by atoms with Gasteiger partial charge in [-0.05, 0) is 56.2 Å². The highest BCUT2D eigenvalue weighted by molar-refractivity contribution is 6.07. The number of hydrogen-bond donors (Lipinski definition) is 1. The molecule has 1 N–H and O–H groups in total. The van der Waals surface area contributed by atoms with Crippen molar-refractivity contribution in [1.82, 2.24) is 15.1 Å². The summed E-state index contributed by atoms with van der Waals surface area (Å²) in [5, 5.41) is 3.06. The van der Waals surface area contributed by atoms with E-state index < -0.39 is 5.54 Å². The molecular weight excluding hydrogens is 354 g/mol. The van der Waals surface area contributed by atoms with Gasteiger partial charge in [0.25, 0.3) is 5.91 Å². The van der Waals surface area contributed by atoms with Crippen LogP contribution in [0, 0.1) is 5.92 Å².